The summed E-state index contributed by atoms with van der Waals surface area (Å²) in [5, 5.41) is 11.2. The molecule has 25 heavy (non-hydrogen) atoms. The maximum absolute atomic E-state index is 11.5. The summed E-state index contributed by atoms with van der Waals surface area (Å²) in [6, 6.07) is 15.4. The van der Waals surface area contributed by atoms with E-state index < -0.39 is 5.60 Å². The van der Waals surface area contributed by atoms with Gasteiger partial charge in [0, 0.05) is 22.9 Å². The quantitative estimate of drug-likeness (QED) is 0.848. The summed E-state index contributed by atoms with van der Waals surface area (Å²) in [6.07, 6.45) is 1.48. The van der Waals surface area contributed by atoms with E-state index in [1.165, 1.54) is 7.11 Å². The van der Waals surface area contributed by atoms with E-state index in [1.807, 2.05) is 36.4 Å². The van der Waals surface area contributed by atoms with Crippen LogP contribution < -0.4 is 0 Å². The smallest absolute Gasteiger partial charge is 0.337 e. The van der Waals surface area contributed by atoms with Gasteiger partial charge in [-0.2, -0.15) is 0 Å². The Kier molecular flexibility index (Phi) is 5.47. The summed E-state index contributed by atoms with van der Waals surface area (Å²) >= 11 is 1.61. The molecule has 1 saturated heterocycles. The SMILES string of the molecule is COC(=O)c1ccc(Sc2ccccc2C2(O)CCN(C)CC2)cc1. The molecule has 0 saturated carbocycles. The Labute approximate surface area is 152 Å². The number of benzene rings is 2. The van der Waals surface area contributed by atoms with Gasteiger partial charge in [0.15, 0.2) is 0 Å². The molecule has 4 nitrogen and oxygen atoms in total. The van der Waals surface area contributed by atoms with Gasteiger partial charge in [0.1, 0.15) is 0 Å². The van der Waals surface area contributed by atoms with Crippen LogP contribution in [-0.4, -0.2) is 43.2 Å². The van der Waals surface area contributed by atoms with E-state index in [2.05, 4.69) is 11.9 Å². The third-order valence-corrected chi connectivity index (χ3v) is 5.79. The Morgan fingerprint density at radius 1 is 1.12 bits per heavy atom. The minimum Gasteiger partial charge on any atom is -0.465 e. The molecule has 1 N–H and O–H groups in total. The molecule has 0 unspecified atom stereocenters. The number of piperidine rings is 1. The van der Waals surface area contributed by atoms with Crippen molar-refractivity contribution in [3.8, 4) is 0 Å². The number of methoxy groups -OCH3 is 1. The van der Waals surface area contributed by atoms with E-state index in [9.17, 15) is 9.90 Å². The van der Waals surface area contributed by atoms with E-state index >= 15 is 0 Å². The average molecular weight is 357 g/mol. The van der Waals surface area contributed by atoms with Crippen LogP contribution in [0.4, 0.5) is 0 Å². The van der Waals surface area contributed by atoms with Crippen LogP contribution in [0.25, 0.3) is 0 Å². The first kappa shape index (κ1) is 18.0. The Morgan fingerprint density at radius 2 is 1.76 bits per heavy atom. The first-order chi connectivity index (χ1) is 12.0. The lowest BCUT2D eigenvalue weighted by Gasteiger charge is -2.37. The van der Waals surface area contributed by atoms with Crippen molar-refractivity contribution in [2.75, 3.05) is 27.2 Å². The van der Waals surface area contributed by atoms with Crippen LogP contribution in [0.5, 0.6) is 0 Å². The van der Waals surface area contributed by atoms with Gasteiger partial charge in [-0.25, -0.2) is 4.79 Å². The van der Waals surface area contributed by atoms with E-state index in [1.54, 1.807) is 23.9 Å². The molecular weight excluding hydrogens is 334 g/mol. The Balaban J connectivity index is 1.83. The molecule has 0 bridgehead atoms. The second-order valence-corrected chi connectivity index (χ2v) is 7.56. The van der Waals surface area contributed by atoms with Crippen molar-refractivity contribution in [3.63, 3.8) is 0 Å². The number of aliphatic hydroxyl groups is 1. The third-order valence-electron chi connectivity index (χ3n) is 4.71. The zero-order valence-corrected chi connectivity index (χ0v) is 15.4. The molecule has 0 amide bonds. The molecule has 0 spiro atoms. The largest absolute Gasteiger partial charge is 0.465 e. The highest BCUT2D eigenvalue weighted by molar-refractivity contribution is 7.99. The van der Waals surface area contributed by atoms with Gasteiger partial charge < -0.3 is 14.7 Å². The van der Waals surface area contributed by atoms with Crippen LogP contribution in [0.15, 0.2) is 58.3 Å². The third kappa shape index (κ3) is 4.06. The summed E-state index contributed by atoms with van der Waals surface area (Å²) in [7, 11) is 3.46. The van der Waals surface area contributed by atoms with Gasteiger partial charge in [0.25, 0.3) is 0 Å². The maximum Gasteiger partial charge on any atom is 0.337 e. The fourth-order valence-corrected chi connectivity index (χ4v) is 4.14. The lowest BCUT2D eigenvalue weighted by atomic mass is 9.84. The number of carbonyl (C=O) groups excluding carboxylic acids is 1. The van der Waals surface area contributed by atoms with Crippen LogP contribution in [0.3, 0.4) is 0 Å². The van der Waals surface area contributed by atoms with Crippen LogP contribution in [-0.2, 0) is 10.3 Å². The number of rotatable bonds is 4. The molecule has 0 radical (unpaired) electrons. The number of nitrogens with zero attached hydrogens (tertiary/aromatic N) is 1. The molecule has 5 heteroatoms. The van der Waals surface area contributed by atoms with Crippen molar-refractivity contribution in [1.29, 1.82) is 0 Å². The van der Waals surface area contributed by atoms with Crippen LogP contribution in [0.2, 0.25) is 0 Å². The molecule has 0 aliphatic carbocycles. The Bertz CT molecular complexity index is 737. The van der Waals surface area contributed by atoms with Crippen LogP contribution >= 0.6 is 11.8 Å². The number of ether oxygens (including phenoxy) is 1. The van der Waals surface area contributed by atoms with Gasteiger partial charge in [0.2, 0.25) is 0 Å². The van der Waals surface area contributed by atoms with Crippen molar-refractivity contribution in [1.82, 2.24) is 4.90 Å². The van der Waals surface area contributed by atoms with Crippen molar-refractivity contribution in [2.45, 2.75) is 28.2 Å². The number of hydrogen-bond donors (Lipinski definition) is 1. The number of carbonyl (C=O) groups is 1. The van der Waals surface area contributed by atoms with Crippen LogP contribution in [0.1, 0.15) is 28.8 Å². The van der Waals surface area contributed by atoms with E-state index in [0.29, 0.717) is 5.56 Å². The minimum atomic E-state index is -0.776. The summed E-state index contributed by atoms with van der Waals surface area (Å²) in [5.74, 6) is -0.336. The number of esters is 1. The lowest BCUT2D eigenvalue weighted by Crippen LogP contribution is -2.41. The summed E-state index contributed by atoms with van der Waals surface area (Å²) in [5.41, 5.74) is 0.751. The minimum absolute atomic E-state index is 0.336. The topological polar surface area (TPSA) is 49.8 Å². The first-order valence-electron chi connectivity index (χ1n) is 8.38. The molecule has 0 atom stereocenters. The Morgan fingerprint density at radius 3 is 2.40 bits per heavy atom. The van der Waals surface area contributed by atoms with Crippen LogP contribution in [0, 0.1) is 0 Å². The summed E-state index contributed by atoms with van der Waals surface area (Å²) in [4.78, 5) is 15.9. The molecule has 3 rings (SSSR count). The standard InChI is InChI=1S/C20H23NO3S/c1-21-13-11-20(23,12-14-21)17-5-3-4-6-18(17)25-16-9-7-15(8-10-16)19(22)24-2/h3-10,23H,11-14H2,1-2H3. The zero-order valence-electron chi connectivity index (χ0n) is 14.6. The van der Waals surface area contributed by atoms with E-state index in [-0.39, 0.29) is 5.97 Å². The van der Waals surface area contributed by atoms with Crippen molar-refractivity contribution in [3.05, 3.63) is 59.7 Å². The predicted molar refractivity (Wildman–Crippen MR) is 99.0 cm³/mol. The normalized spacial score (nSPS) is 17.2. The molecule has 132 valence electrons. The summed E-state index contributed by atoms with van der Waals surface area (Å²) in [6.45, 7) is 1.78. The molecule has 1 aliphatic heterocycles. The van der Waals surface area contributed by atoms with Crippen molar-refractivity contribution in [2.24, 2.45) is 0 Å². The van der Waals surface area contributed by atoms with Gasteiger partial charge in [-0.05, 0) is 55.8 Å². The van der Waals surface area contributed by atoms with E-state index in [4.69, 9.17) is 4.74 Å². The number of likely N-dealkylation sites (tertiary alicyclic amines) is 1. The highest BCUT2D eigenvalue weighted by atomic mass is 32.2. The monoisotopic (exact) mass is 357 g/mol. The molecule has 2 aromatic rings. The summed E-state index contributed by atoms with van der Waals surface area (Å²) < 4.78 is 4.73. The molecule has 2 aromatic carbocycles. The second-order valence-electron chi connectivity index (χ2n) is 6.45. The van der Waals surface area contributed by atoms with Crippen molar-refractivity contribution >= 4 is 17.7 Å². The van der Waals surface area contributed by atoms with Gasteiger partial charge in [-0.1, -0.05) is 30.0 Å². The molecule has 1 heterocycles. The fourth-order valence-electron chi connectivity index (χ4n) is 3.10. The number of hydrogen-bond acceptors (Lipinski definition) is 5. The maximum atomic E-state index is 11.5. The van der Waals surface area contributed by atoms with Gasteiger partial charge in [0.05, 0.1) is 18.3 Å². The fraction of sp³-hybridized carbons (Fsp3) is 0.350. The zero-order chi connectivity index (χ0) is 17.9. The lowest BCUT2D eigenvalue weighted by molar-refractivity contribution is -0.0224. The van der Waals surface area contributed by atoms with Gasteiger partial charge in [-0.3, -0.25) is 0 Å². The average Bonchev–Trinajstić information content (AvgIpc) is 2.65. The first-order valence-corrected chi connectivity index (χ1v) is 9.20. The Hall–Kier alpha value is -1.82. The van der Waals surface area contributed by atoms with Crippen molar-refractivity contribution < 1.29 is 14.6 Å². The van der Waals surface area contributed by atoms with Gasteiger partial charge >= 0.3 is 5.97 Å². The van der Waals surface area contributed by atoms with Gasteiger partial charge in [-0.15, -0.1) is 0 Å². The predicted octanol–water partition coefficient (Wildman–Crippen LogP) is 3.54. The second kappa shape index (κ2) is 7.60. The molecule has 0 aromatic heterocycles. The molecule has 1 fully saturated rings. The molecular formula is C20H23NO3S. The highest BCUT2D eigenvalue weighted by Crippen LogP contribution is 2.40. The molecule has 1 aliphatic rings. The van der Waals surface area contributed by atoms with E-state index in [0.717, 1.165) is 41.3 Å². The highest BCUT2D eigenvalue weighted by Gasteiger charge is 2.34.